The van der Waals surface area contributed by atoms with Gasteiger partial charge in [0.2, 0.25) is 0 Å². The molecule has 0 aromatic rings. The average molecular weight is 183 g/mol. The molecule has 0 aromatic carbocycles. The number of nitrogens with zero attached hydrogens (tertiary/aromatic N) is 1. The Balaban J connectivity index is 2.77. The fourth-order valence-electron chi connectivity index (χ4n) is 1.89. The molecule has 74 valence electrons. The Labute approximate surface area is 79.4 Å². The van der Waals surface area contributed by atoms with Gasteiger partial charge in [-0.05, 0) is 19.0 Å². The second-order valence-corrected chi connectivity index (χ2v) is 3.84. The minimum Gasteiger partial charge on any atom is -0.455 e. The van der Waals surface area contributed by atoms with Crippen LogP contribution in [0.3, 0.4) is 0 Å². The van der Waals surface area contributed by atoms with Gasteiger partial charge in [-0.25, -0.2) is 0 Å². The van der Waals surface area contributed by atoms with Crippen molar-refractivity contribution in [3.63, 3.8) is 0 Å². The molecule has 0 spiro atoms. The molecule has 0 amide bonds. The van der Waals surface area contributed by atoms with Crippen LogP contribution in [0.15, 0.2) is 12.7 Å². The van der Waals surface area contributed by atoms with Gasteiger partial charge in [0.1, 0.15) is 6.10 Å². The summed E-state index contributed by atoms with van der Waals surface area (Å²) >= 11 is 0. The van der Waals surface area contributed by atoms with Crippen molar-refractivity contribution in [3.8, 4) is 0 Å². The van der Waals surface area contributed by atoms with Crippen LogP contribution >= 0.6 is 0 Å². The second-order valence-electron chi connectivity index (χ2n) is 3.84. The molecule has 0 aliphatic carbocycles. The van der Waals surface area contributed by atoms with Gasteiger partial charge in [0.05, 0.1) is 12.6 Å². The van der Waals surface area contributed by atoms with Gasteiger partial charge >= 0.3 is 5.97 Å². The molecular weight excluding hydrogens is 166 g/mol. The number of esters is 1. The summed E-state index contributed by atoms with van der Waals surface area (Å²) in [5.41, 5.74) is 0. The van der Waals surface area contributed by atoms with Crippen LogP contribution in [0.25, 0.3) is 0 Å². The predicted octanol–water partition coefficient (Wildman–Crippen LogP) is 1.05. The van der Waals surface area contributed by atoms with Crippen LogP contribution in [0.4, 0.5) is 0 Å². The molecule has 3 nitrogen and oxygen atoms in total. The molecule has 1 heterocycles. The van der Waals surface area contributed by atoms with Crippen molar-refractivity contribution < 1.29 is 9.53 Å². The Hall–Kier alpha value is -0.830. The topological polar surface area (TPSA) is 29.5 Å². The van der Waals surface area contributed by atoms with Gasteiger partial charge in [0, 0.05) is 0 Å². The summed E-state index contributed by atoms with van der Waals surface area (Å²) in [4.78, 5) is 13.1. The first-order chi connectivity index (χ1) is 6.06. The quantitative estimate of drug-likeness (QED) is 0.473. The summed E-state index contributed by atoms with van der Waals surface area (Å²) < 4.78 is 5.18. The molecule has 0 unspecified atom stereocenters. The number of morpholine rings is 1. The molecule has 1 rings (SSSR count). The lowest BCUT2D eigenvalue weighted by molar-refractivity contribution is -0.161. The standard InChI is InChI=1S/C10H17NO2/c1-5-8-10(7(2)3)11(4)6-9(12)13-8/h5,7-8,10H,1,6H2,2-4H3/t8-,10-/m0/s1. The number of carbonyl (C=O) groups is 1. The normalized spacial score (nSPS) is 30.3. The minimum atomic E-state index is -0.163. The molecule has 0 saturated carbocycles. The van der Waals surface area contributed by atoms with E-state index in [-0.39, 0.29) is 18.1 Å². The molecule has 0 aromatic heterocycles. The molecule has 0 radical (unpaired) electrons. The zero-order valence-corrected chi connectivity index (χ0v) is 8.49. The van der Waals surface area contributed by atoms with Crippen LogP contribution in [0.1, 0.15) is 13.8 Å². The first-order valence-corrected chi connectivity index (χ1v) is 4.58. The molecule has 0 N–H and O–H groups in total. The van der Waals surface area contributed by atoms with Gasteiger partial charge in [0.15, 0.2) is 0 Å². The van der Waals surface area contributed by atoms with E-state index in [1.807, 2.05) is 11.9 Å². The lowest BCUT2D eigenvalue weighted by Gasteiger charge is -2.39. The van der Waals surface area contributed by atoms with Crippen LogP contribution in [0, 0.1) is 5.92 Å². The molecular formula is C10H17NO2. The van der Waals surface area contributed by atoms with Crippen molar-refractivity contribution >= 4 is 5.97 Å². The second kappa shape index (κ2) is 3.92. The van der Waals surface area contributed by atoms with E-state index in [2.05, 4.69) is 20.4 Å². The highest BCUT2D eigenvalue weighted by Crippen LogP contribution is 2.20. The van der Waals surface area contributed by atoms with E-state index in [0.717, 1.165) is 0 Å². The number of rotatable bonds is 2. The first kappa shape index (κ1) is 10.3. The molecule has 1 fully saturated rings. The zero-order valence-electron chi connectivity index (χ0n) is 8.49. The number of hydrogen-bond acceptors (Lipinski definition) is 3. The number of cyclic esters (lactones) is 1. The van der Waals surface area contributed by atoms with Crippen molar-refractivity contribution in [2.24, 2.45) is 5.92 Å². The maximum Gasteiger partial charge on any atom is 0.320 e. The van der Waals surface area contributed by atoms with Gasteiger partial charge in [-0.15, -0.1) is 0 Å². The molecule has 3 heteroatoms. The van der Waals surface area contributed by atoms with Crippen molar-refractivity contribution in [1.29, 1.82) is 0 Å². The predicted molar refractivity (Wildman–Crippen MR) is 51.3 cm³/mol. The number of likely N-dealkylation sites (N-methyl/N-ethyl adjacent to an activating group) is 1. The summed E-state index contributed by atoms with van der Waals surface area (Å²) in [5.74, 6) is 0.297. The van der Waals surface area contributed by atoms with Gasteiger partial charge in [-0.2, -0.15) is 0 Å². The summed E-state index contributed by atoms with van der Waals surface area (Å²) in [7, 11) is 1.95. The summed E-state index contributed by atoms with van der Waals surface area (Å²) in [6.45, 7) is 8.31. The molecule has 1 aliphatic rings. The van der Waals surface area contributed by atoms with Crippen LogP contribution < -0.4 is 0 Å². The Morgan fingerprint density at radius 2 is 2.31 bits per heavy atom. The molecule has 1 saturated heterocycles. The maximum absolute atomic E-state index is 11.1. The van der Waals surface area contributed by atoms with Crippen molar-refractivity contribution in [2.45, 2.75) is 26.0 Å². The smallest absolute Gasteiger partial charge is 0.320 e. The van der Waals surface area contributed by atoms with Crippen molar-refractivity contribution in [2.75, 3.05) is 13.6 Å². The fraction of sp³-hybridized carbons (Fsp3) is 0.700. The SMILES string of the molecule is C=C[C@@H]1OC(=O)CN(C)[C@H]1C(C)C. The number of carbonyl (C=O) groups excluding carboxylic acids is 1. The third-order valence-electron chi connectivity index (χ3n) is 2.41. The monoisotopic (exact) mass is 183 g/mol. The number of hydrogen-bond donors (Lipinski definition) is 0. The average Bonchev–Trinajstić information content (AvgIpc) is 2.01. The molecule has 1 aliphatic heterocycles. The van der Waals surface area contributed by atoms with Crippen molar-refractivity contribution in [3.05, 3.63) is 12.7 Å². The van der Waals surface area contributed by atoms with Crippen LogP contribution in [-0.4, -0.2) is 36.6 Å². The highest BCUT2D eigenvalue weighted by molar-refractivity contribution is 5.73. The van der Waals surface area contributed by atoms with E-state index in [9.17, 15) is 4.79 Å². The van der Waals surface area contributed by atoms with E-state index in [1.54, 1.807) is 6.08 Å². The first-order valence-electron chi connectivity index (χ1n) is 4.58. The third kappa shape index (κ3) is 2.10. The van der Waals surface area contributed by atoms with Gasteiger partial charge < -0.3 is 4.74 Å². The Morgan fingerprint density at radius 1 is 1.69 bits per heavy atom. The summed E-state index contributed by atoms with van der Waals surface area (Å²) in [5, 5.41) is 0. The van der Waals surface area contributed by atoms with Crippen LogP contribution in [0.2, 0.25) is 0 Å². The lowest BCUT2D eigenvalue weighted by Crippen LogP contribution is -2.53. The zero-order chi connectivity index (χ0) is 10.0. The van der Waals surface area contributed by atoms with Crippen molar-refractivity contribution in [1.82, 2.24) is 4.90 Å². The highest BCUT2D eigenvalue weighted by atomic mass is 16.5. The lowest BCUT2D eigenvalue weighted by atomic mass is 9.96. The summed E-state index contributed by atoms with van der Waals surface area (Å²) in [6, 6.07) is 0.259. The van der Waals surface area contributed by atoms with Gasteiger partial charge in [-0.3, -0.25) is 9.69 Å². The highest BCUT2D eigenvalue weighted by Gasteiger charge is 2.34. The number of ether oxygens (including phenoxy) is 1. The van der Waals surface area contributed by atoms with Crippen LogP contribution in [0.5, 0.6) is 0 Å². The Morgan fingerprint density at radius 3 is 2.77 bits per heavy atom. The van der Waals surface area contributed by atoms with E-state index in [0.29, 0.717) is 12.5 Å². The van der Waals surface area contributed by atoms with E-state index in [4.69, 9.17) is 4.74 Å². The van der Waals surface area contributed by atoms with E-state index < -0.39 is 0 Å². The van der Waals surface area contributed by atoms with Crippen LogP contribution in [-0.2, 0) is 9.53 Å². The Kier molecular flexibility index (Phi) is 3.09. The fourth-order valence-corrected chi connectivity index (χ4v) is 1.89. The van der Waals surface area contributed by atoms with E-state index in [1.165, 1.54) is 0 Å². The molecule has 13 heavy (non-hydrogen) atoms. The van der Waals surface area contributed by atoms with E-state index >= 15 is 0 Å². The molecule has 2 atom stereocenters. The minimum absolute atomic E-state index is 0.161. The van der Waals surface area contributed by atoms with Gasteiger partial charge in [0.25, 0.3) is 0 Å². The largest absolute Gasteiger partial charge is 0.455 e. The maximum atomic E-state index is 11.1. The summed E-state index contributed by atoms with van der Waals surface area (Å²) in [6.07, 6.45) is 1.55. The van der Waals surface area contributed by atoms with Gasteiger partial charge in [-0.1, -0.05) is 20.4 Å². The Bertz CT molecular complexity index is 213. The third-order valence-corrected chi connectivity index (χ3v) is 2.41. The molecule has 0 bridgehead atoms.